The van der Waals surface area contributed by atoms with E-state index in [0.29, 0.717) is 6.54 Å². The molecule has 0 fully saturated rings. The standard InChI is InChI=1S/C13H13ClN2O2/c1-8-3-4-9(2)10(5-8)7-16-11(14)6-12(17)15-13(16)18/h3-6H,7H2,1-2H3,(H,15,17,18). The Morgan fingerprint density at radius 1 is 1.22 bits per heavy atom. The number of aromatic amines is 1. The number of halogens is 1. The second-order valence-corrected chi connectivity index (χ2v) is 4.66. The zero-order valence-electron chi connectivity index (χ0n) is 10.2. The minimum atomic E-state index is -0.492. The van der Waals surface area contributed by atoms with Gasteiger partial charge in [-0.1, -0.05) is 35.4 Å². The first kappa shape index (κ1) is 12.6. The maximum absolute atomic E-state index is 11.7. The lowest BCUT2D eigenvalue weighted by molar-refractivity contribution is 0.718. The Balaban J connectivity index is 2.49. The number of nitrogens with one attached hydrogen (secondary N) is 1. The van der Waals surface area contributed by atoms with Crippen LogP contribution in [0.3, 0.4) is 0 Å². The summed E-state index contributed by atoms with van der Waals surface area (Å²) in [6, 6.07) is 7.21. The smallest absolute Gasteiger partial charge is 0.279 e. The van der Waals surface area contributed by atoms with Crippen LogP contribution in [0, 0.1) is 13.8 Å². The minimum absolute atomic E-state index is 0.143. The molecule has 0 aliphatic heterocycles. The number of benzene rings is 1. The van der Waals surface area contributed by atoms with Crippen LogP contribution in [0.4, 0.5) is 0 Å². The Bertz CT molecular complexity index is 701. The Hall–Kier alpha value is -1.81. The normalized spacial score (nSPS) is 10.6. The van der Waals surface area contributed by atoms with E-state index in [0.717, 1.165) is 16.7 Å². The van der Waals surface area contributed by atoms with E-state index in [1.54, 1.807) is 0 Å². The summed E-state index contributed by atoms with van der Waals surface area (Å²) in [6.07, 6.45) is 0. The van der Waals surface area contributed by atoms with Crippen molar-refractivity contribution in [1.82, 2.24) is 9.55 Å². The zero-order valence-corrected chi connectivity index (χ0v) is 10.9. The molecule has 0 aliphatic carbocycles. The van der Waals surface area contributed by atoms with Crippen LogP contribution in [-0.4, -0.2) is 9.55 Å². The molecule has 2 aromatic rings. The van der Waals surface area contributed by atoms with Gasteiger partial charge in [-0.2, -0.15) is 0 Å². The number of hydrogen-bond donors (Lipinski definition) is 1. The number of aryl methyl sites for hydroxylation is 2. The van der Waals surface area contributed by atoms with Crippen LogP contribution in [0.2, 0.25) is 5.15 Å². The molecule has 0 spiro atoms. The van der Waals surface area contributed by atoms with Gasteiger partial charge in [0.05, 0.1) is 6.54 Å². The molecule has 0 amide bonds. The van der Waals surface area contributed by atoms with Crippen LogP contribution in [0.5, 0.6) is 0 Å². The fraction of sp³-hybridized carbons (Fsp3) is 0.231. The Morgan fingerprint density at radius 3 is 2.61 bits per heavy atom. The molecule has 0 unspecified atom stereocenters. The van der Waals surface area contributed by atoms with E-state index in [2.05, 4.69) is 4.98 Å². The fourth-order valence-electron chi connectivity index (χ4n) is 1.78. The Labute approximate surface area is 109 Å². The van der Waals surface area contributed by atoms with Crippen LogP contribution < -0.4 is 11.2 Å². The highest BCUT2D eigenvalue weighted by atomic mass is 35.5. The third-order valence-corrected chi connectivity index (χ3v) is 3.13. The van der Waals surface area contributed by atoms with Gasteiger partial charge in [-0.3, -0.25) is 14.3 Å². The summed E-state index contributed by atoms with van der Waals surface area (Å²) < 4.78 is 1.34. The largest absolute Gasteiger partial charge is 0.329 e. The molecule has 0 saturated heterocycles. The van der Waals surface area contributed by atoms with E-state index >= 15 is 0 Å². The molecule has 5 heteroatoms. The van der Waals surface area contributed by atoms with Crippen LogP contribution in [0.1, 0.15) is 16.7 Å². The summed E-state index contributed by atoms with van der Waals surface area (Å²) in [4.78, 5) is 25.0. The molecular formula is C13H13ClN2O2. The molecule has 1 N–H and O–H groups in total. The van der Waals surface area contributed by atoms with Crippen molar-refractivity contribution in [1.29, 1.82) is 0 Å². The first-order valence-corrected chi connectivity index (χ1v) is 5.91. The van der Waals surface area contributed by atoms with E-state index in [1.807, 2.05) is 32.0 Å². The molecule has 1 heterocycles. The topological polar surface area (TPSA) is 54.9 Å². The Kier molecular flexibility index (Phi) is 3.39. The maximum atomic E-state index is 11.7. The van der Waals surface area contributed by atoms with Gasteiger partial charge < -0.3 is 0 Å². The molecule has 0 aliphatic rings. The highest BCUT2D eigenvalue weighted by Crippen LogP contribution is 2.13. The van der Waals surface area contributed by atoms with Gasteiger partial charge in [-0.05, 0) is 25.0 Å². The summed E-state index contributed by atoms with van der Waals surface area (Å²) in [6.45, 7) is 4.31. The summed E-state index contributed by atoms with van der Waals surface area (Å²) in [5, 5.41) is 0.143. The first-order valence-electron chi connectivity index (χ1n) is 5.53. The van der Waals surface area contributed by atoms with Crippen molar-refractivity contribution in [3.63, 3.8) is 0 Å². The summed E-state index contributed by atoms with van der Waals surface area (Å²) in [7, 11) is 0. The van der Waals surface area contributed by atoms with Crippen LogP contribution in [-0.2, 0) is 6.54 Å². The predicted molar refractivity (Wildman–Crippen MR) is 71.4 cm³/mol. The lowest BCUT2D eigenvalue weighted by Crippen LogP contribution is -2.30. The van der Waals surface area contributed by atoms with Gasteiger partial charge in [0.25, 0.3) is 5.56 Å². The van der Waals surface area contributed by atoms with E-state index in [4.69, 9.17) is 11.6 Å². The van der Waals surface area contributed by atoms with Crippen molar-refractivity contribution in [2.45, 2.75) is 20.4 Å². The van der Waals surface area contributed by atoms with Crippen LogP contribution in [0.25, 0.3) is 0 Å². The molecule has 1 aromatic carbocycles. The van der Waals surface area contributed by atoms with Crippen molar-refractivity contribution in [3.05, 3.63) is 66.9 Å². The maximum Gasteiger partial charge on any atom is 0.329 e. The number of aromatic nitrogens is 2. The van der Waals surface area contributed by atoms with Crippen molar-refractivity contribution < 1.29 is 0 Å². The van der Waals surface area contributed by atoms with E-state index in [1.165, 1.54) is 10.6 Å². The third kappa shape index (κ3) is 2.54. The van der Waals surface area contributed by atoms with E-state index < -0.39 is 11.2 Å². The van der Waals surface area contributed by atoms with Gasteiger partial charge in [-0.15, -0.1) is 0 Å². The fourth-order valence-corrected chi connectivity index (χ4v) is 2.02. The molecule has 4 nitrogen and oxygen atoms in total. The van der Waals surface area contributed by atoms with E-state index in [9.17, 15) is 9.59 Å². The summed E-state index contributed by atoms with van der Waals surface area (Å²) >= 11 is 5.92. The second-order valence-electron chi connectivity index (χ2n) is 4.28. The molecule has 0 atom stereocenters. The number of rotatable bonds is 2. The van der Waals surface area contributed by atoms with Crippen LogP contribution in [0.15, 0.2) is 33.9 Å². The van der Waals surface area contributed by atoms with Crippen molar-refractivity contribution in [3.8, 4) is 0 Å². The molecule has 0 bridgehead atoms. The van der Waals surface area contributed by atoms with Crippen molar-refractivity contribution >= 4 is 11.6 Å². The molecule has 0 saturated carbocycles. The molecule has 2 rings (SSSR count). The highest BCUT2D eigenvalue weighted by Gasteiger charge is 2.06. The first-order chi connectivity index (χ1) is 8.47. The number of hydrogen-bond acceptors (Lipinski definition) is 2. The quantitative estimate of drug-likeness (QED) is 0.842. The monoisotopic (exact) mass is 264 g/mol. The highest BCUT2D eigenvalue weighted by molar-refractivity contribution is 6.29. The lowest BCUT2D eigenvalue weighted by Gasteiger charge is -2.10. The predicted octanol–water partition coefficient (Wildman–Crippen LogP) is 1.86. The average molecular weight is 265 g/mol. The molecule has 94 valence electrons. The third-order valence-electron chi connectivity index (χ3n) is 2.82. The minimum Gasteiger partial charge on any atom is -0.279 e. The SMILES string of the molecule is Cc1ccc(C)c(Cn2c(Cl)cc(=O)[nH]c2=O)c1. The van der Waals surface area contributed by atoms with Gasteiger partial charge in [0, 0.05) is 6.07 Å². The molecule has 1 aromatic heterocycles. The van der Waals surface area contributed by atoms with Gasteiger partial charge in [0.15, 0.2) is 0 Å². The zero-order chi connectivity index (χ0) is 13.3. The van der Waals surface area contributed by atoms with Gasteiger partial charge in [-0.25, -0.2) is 4.79 Å². The van der Waals surface area contributed by atoms with Gasteiger partial charge in [0.2, 0.25) is 0 Å². The number of H-pyrrole nitrogens is 1. The average Bonchev–Trinajstić information content (AvgIpc) is 2.28. The molecule has 0 radical (unpaired) electrons. The molecular weight excluding hydrogens is 252 g/mol. The summed E-state index contributed by atoms with van der Waals surface area (Å²) in [5.74, 6) is 0. The van der Waals surface area contributed by atoms with Gasteiger partial charge >= 0.3 is 5.69 Å². The van der Waals surface area contributed by atoms with Crippen LogP contribution >= 0.6 is 11.6 Å². The van der Waals surface area contributed by atoms with Gasteiger partial charge in [0.1, 0.15) is 5.15 Å². The number of nitrogens with zero attached hydrogens (tertiary/aromatic N) is 1. The lowest BCUT2D eigenvalue weighted by atomic mass is 10.1. The van der Waals surface area contributed by atoms with E-state index in [-0.39, 0.29) is 5.15 Å². The second kappa shape index (κ2) is 4.82. The molecule has 18 heavy (non-hydrogen) atoms. The Morgan fingerprint density at radius 2 is 1.94 bits per heavy atom. The van der Waals surface area contributed by atoms with Crippen molar-refractivity contribution in [2.24, 2.45) is 0 Å². The summed E-state index contributed by atoms with van der Waals surface area (Å²) in [5.41, 5.74) is 2.22. The van der Waals surface area contributed by atoms with Crippen molar-refractivity contribution in [2.75, 3.05) is 0 Å².